The zero-order valence-electron chi connectivity index (χ0n) is 15.6. The number of allylic oxidation sites excluding steroid dienone is 3. The highest BCUT2D eigenvalue weighted by atomic mass is 16.4. The summed E-state index contributed by atoms with van der Waals surface area (Å²) in [5, 5.41) is 31.0. The molecule has 0 radical (unpaired) electrons. The van der Waals surface area contributed by atoms with Crippen molar-refractivity contribution in [1.82, 2.24) is 0 Å². The number of phenolic OH excluding ortho intramolecular Hbond substituents is 1. The van der Waals surface area contributed by atoms with Gasteiger partial charge in [0, 0.05) is 23.1 Å². The number of carboxylic acids is 1. The van der Waals surface area contributed by atoms with Crippen LogP contribution in [0.15, 0.2) is 30.0 Å². The molecule has 0 saturated heterocycles. The van der Waals surface area contributed by atoms with Crippen LogP contribution in [0.5, 0.6) is 11.5 Å². The number of phenols is 2. The van der Waals surface area contributed by atoms with E-state index in [1.165, 1.54) is 6.07 Å². The molecule has 2 rings (SSSR count). The summed E-state index contributed by atoms with van der Waals surface area (Å²) in [6.07, 6.45) is 6.83. The van der Waals surface area contributed by atoms with Crippen LogP contribution in [-0.2, 0) is 6.42 Å². The van der Waals surface area contributed by atoms with Crippen molar-refractivity contribution in [1.29, 1.82) is 0 Å². The number of aryl methyl sites for hydroxylation is 1. The van der Waals surface area contributed by atoms with Gasteiger partial charge in [-0.2, -0.15) is 0 Å². The zero-order valence-corrected chi connectivity index (χ0v) is 15.6. The molecule has 5 N–H and O–H groups in total. The van der Waals surface area contributed by atoms with E-state index < -0.39 is 5.97 Å². The Morgan fingerprint density at radius 1 is 1.35 bits per heavy atom. The monoisotopic (exact) mass is 359 g/mol. The Kier molecular flexibility index (Phi) is 6.35. The number of hydrogen-bond acceptors (Lipinski definition) is 4. The summed E-state index contributed by atoms with van der Waals surface area (Å²) in [6, 6.07) is 1.49. The molecule has 1 aliphatic rings. The first-order valence-electron chi connectivity index (χ1n) is 9.20. The van der Waals surface area contributed by atoms with Crippen LogP contribution in [-0.4, -0.2) is 21.3 Å². The first-order chi connectivity index (χ1) is 12.3. The fraction of sp³-hybridized carbons (Fsp3) is 0.476. The minimum absolute atomic E-state index is 0.0822. The molecule has 1 aromatic rings. The molecule has 5 heteroatoms. The Morgan fingerprint density at radius 3 is 2.62 bits per heavy atom. The predicted molar refractivity (Wildman–Crippen MR) is 103 cm³/mol. The van der Waals surface area contributed by atoms with Gasteiger partial charge in [-0.15, -0.1) is 0 Å². The summed E-state index contributed by atoms with van der Waals surface area (Å²) in [6.45, 7) is 7.88. The molecule has 2 atom stereocenters. The van der Waals surface area contributed by atoms with E-state index in [1.807, 2.05) is 13.0 Å². The van der Waals surface area contributed by atoms with E-state index in [2.05, 4.69) is 13.5 Å². The number of nitrogens with two attached hydrogens (primary N) is 1. The Morgan fingerprint density at radius 2 is 2.04 bits per heavy atom. The van der Waals surface area contributed by atoms with Gasteiger partial charge in [0.05, 0.1) is 0 Å². The van der Waals surface area contributed by atoms with Crippen LogP contribution in [0, 0.1) is 5.92 Å². The van der Waals surface area contributed by atoms with Gasteiger partial charge in [-0.3, -0.25) is 0 Å². The second-order valence-corrected chi connectivity index (χ2v) is 7.21. The number of aromatic hydroxyl groups is 2. The van der Waals surface area contributed by atoms with Gasteiger partial charge < -0.3 is 21.1 Å². The van der Waals surface area contributed by atoms with Crippen molar-refractivity contribution in [2.45, 2.75) is 58.3 Å². The number of carboxylic acid groups (broad SMARTS) is 1. The molecule has 0 amide bonds. The summed E-state index contributed by atoms with van der Waals surface area (Å²) in [7, 11) is 0. The molecular formula is C21H29NO4. The first kappa shape index (κ1) is 19.9. The van der Waals surface area contributed by atoms with Crippen molar-refractivity contribution in [3.63, 3.8) is 0 Å². The smallest absolute Gasteiger partial charge is 0.339 e. The van der Waals surface area contributed by atoms with Crippen LogP contribution >= 0.6 is 0 Å². The molecule has 0 heterocycles. The normalized spacial score (nSPS) is 19.8. The average molecular weight is 359 g/mol. The average Bonchev–Trinajstić information content (AvgIpc) is 2.54. The molecule has 0 saturated carbocycles. The number of rotatable bonds is 7. The molecule has 142 valence electrons. The standard InChI is InChI=1S/C21H29NO4/c1-4-5-6-7-14-11-17(23)19(20(24)18(14)21(25)26)16-10-12(2)8-9-15(16)13(3)22/h10-11,15-16,23-24H,3-9,22H2,1-2H3,(H,25,26). The maximum absolute atomic E-state index is 11.8. The van der Waals surface area contributed by atoms with Crippen molar-refractivity contribution in [3.8, 4) is 11.5 Å². The van der Waals surface area contributed by atoms with Gasteiger partial charge in [-0.25, -0.2) is 4.79 Å². The number of aromatic carboxylic acids is 1. The summed E-state index contributed by atoms with van der Waals surface area (Å²) in [4.78, 5) is 11.8. The van der Waals surface area contributed by atoms with Crippen LogP contribution in [0.25, 0.3) is 0 Å². The number of unbranched alkanes of at least 4 members (excludes halogenated alkanes) is 2. The molecule has 0 spiro atoms. The lowest BCUT2D eigenvalue weighted by molar-refractivity contribution is 0.0692. The largest absolute Gasteiger partial charge is 0.507 e. The Bertz CT molecular complexity index is 736. The van der Waals surface area contributed by atoms with E-state index in [0.29, 0.717) is 17.7 Å². The third kappa shape index (κ3) is 4.03. The topological polar surface area (TPSA) is 104 Å². The van der Waals surface area contributed by atoms with E-state index in [1.54, 1.807) is 0 Å². The first-order valence-corrected chi connectivity index (χ1v) is 9.20. The van der Waals surface area contributed by atoms with Crippen LogP contribution in [0.1, 0.15) is 73.4 Å². The molecule has 5 nitrogen and oxygen atoms in total. The lowest BCUT2D eigenvalue weighted by Gasteiger charge is -2.31. The second kappa shape index (κ2) is 8.30. The number of carbonyl (C=O) groups is 1. The minimum atomic E-state index is -1.19. The fourth-order valence-corrected chi connectivity index (χ4v) is 3.82. The molecular weight excluding hydrogens is 330 g/mol. The van der Waals surface area contributed by atoms with Crippen molar-refractivity contribution in [3.05, 3.63) is 46.7 Å². The molecule has 0 aromatic heterocycles. The number of hydrogen-bond donors (Lipinski definition) is 4. The molecule has 1 aliphatic carbocycles. The third-order valence-electron chi connectivity index (χ3n) is 5.22. The minimum Gasteiger partial charge on any atom is -0.507 e. The zero-order chi connectivity index (χ0) is 19.4. The molecule has 26 heavy (non-hydrogen) atoms. The highest BCUT2D eigenvalue weighted by Crippen LogP contribution is 2.47. The maximum Gasteiger partial charge on any atom is 0.339 e. The van der Waals surface area contributed by atoms with Gasteiger partial charge in [0.15, 0.2) is 0 Å². The van der Waals surface area contributed by atoms with E-state index in [4.69, 9.17) is 5.73 Å². The lowest BCUT2D eigenvalue weighted by atomic mass is 9.74. The van der Waals surface area contributed by atoms with Crippen molar-refractivity contribution >= 4 is 5.97 Å². The van der Waals surface area contributed by atoms with Gasteiger partial charge in [0.1, 0.15) is 17.1 Å². The molecule has 1 aromatic carbocycles. The summed E-state index contributed by atoms with van der Waals surface area (Å²) < 4.78 is 0. The maximum atomic E-state index is 11.8. The summed E-state index contributed by atoms with van der Waals surface area (Å²) in [5.41, 5.74) is 8.12. The van der Waals surface area contributed by atoms with E-state index in [9.17, 15) is 20.1 Å². The van der Waals surface area contributed by atoms with Crippen molar-refractivity contribution in [2.75, 3.05) is 0 Å². The van der Waals surface area contributed by atoms with Crippen LogP contribution < -0.4 is 5.73 Å². The molecule has 0 bridgehead atoms. The van der Waals surface area contributed by atoms with Gasteiger partial charge >= 0.3 is 5.97 Å². The molecule has 0 aliphatic heterocycles. The molecule has 0 fully saturated rings. The SMILES string of the molecule is C=C(N)C1CCC(C)=CC1c1c(O)cc(CCCCC)c(C(=O)O)c1O. The van der Waals surface area contributed by atoms with Crippen molar-refractivity contribution in [2.24, 2.45) is 11.7 Å². The second-order valence-electron chi connectivity index (χ2n) is 7.21. The van der Waals surface area contributed by atoms with Gasteiger partial charge in [-0.05, 0) is 44.2 Å². The highest BCUT2D eigenvalue weighted by Gasteiger charge is 2.33. The predicted octanol–water partition coefficient (Wildman–Crippen LogP) is 4.44. The molecule has 2 unspecified atom stereocenters. The quantitative estimate of drug-likeness (QED) is 0.425. The van der Waals surface area contributed by atoms with Crippen molar-refractivity contribution < 1.29 is 20.1 Å². The fourth-order valence-electron chi connectivity index (χ4n) is 3.82. The third-order valence-corrected chi connectivity index (χ3v) is 5.22. The Hall–Kier alpha value is -2.43. The Labute approximate surface area is 154 Å². The lowest BCUT2D eigenvalue weighted by Crippen LogP contribution is -2.22. The Balaban J connectivity index is 2.58. The van der Waals surface area contributed by atoms with E-state index in [-0.39, 0.29) is 34.5 Å². The van der Waals surface area contributed by atoms with Gasteiger partial charge in [0.25, 0.3) is 0 Å². The van der Waals surface area contributed by atoms with Gasteiger partial charge in [0.2, 0.25) is 0 Å². The number of benzene rings is 1. The highest BCUT2D eigenvalue weighted by molar-refractivity contribution is 5.94. The van der Waals surface area contributed by atoms with Crippen LogP contribution in [0.3, 0.4) is 0 Å². The van der Waals surface area contributed by atoms with E-state index in [0.717, 1.165) is 37.7 Å². The van der Waals surface area contributed by atoms with Crippen LogP contribution in [0.4, 0.5) is 0 Å². The van der Waals surface area contributed by atoms with Crippen LogP contribution in [0.2, 0.25) is 0 Å². The van der Waals surface area contributed by atoms with E-state index >= 15 is 0 Å². The summed E-state index contributed by atoms with van der Waals surface area (Å²) in [5.74, 6) is -2.16. The summed E-state index contributed by atoms with van der Waals surface area (Å²) >= 11 is 0. The van der Waals surface area contributed by atoms with Gasteiger partial charge in [-0.1, -0.05) is 38.0 Å².